The second-order valence-corrected chi connectivity index (χ2v) is 7.88. The smallest absolute Gasteiger partial charge is 0.325 e. The fraction of sp³-hybridized carbons (Fsp3) is 0.579. The number of rotatable bonds is 6. The fourth-order valence-corrected chi connectivity index (χ4v) is 2.75. The molecular formula is C19H28N2O3. The zero-order valence-electron chi connectivity index (χ0n) is 15.3. The first-order valence-corrected chi connectivity index (χ1v) is 8.42. The molecule has 1 N–H and O–H groups in total. The van der Waals surface area contributed by atoms with Gasteiger partial charge in [-0.25, -0.2) is 4.79 Å². The van der Waals surface area contributed by atoms with Gasteiger partial charge in [0.05, 0.1) is 7.11 Å². The summed E-state index contributed by atoms with van der Waals surface area (Å²) in [7, 11) is 1.63. The summed E-state index contributed by atoms with van der Waals surface area (Å²) < 4.78 is 5.15. The third-order valence-electron chi connectivity index (χ3n) is 4.50. The lowest BCUT2D eigenvalue weighted by atomic mass is 9.91. The Balaban J connectivity index is 1.98. The van der Waals surface area contributed by atoms with Gasteiger partial charge >= 0.3 is 6.03 Å². The van der Waals surface area contributed by atoms with Crippen molar-refractivity contribution in [3.05, 3.63) is 29.8 Å². The van der Waals surface area contributed by atoms with Gasteiger partial charge in [-0.15, -0.1) is 0 Å². The first kappa shape index (κ1) is 18.3. The van der Waals surface area contributed by atoms with Crippen molar-refractivity contribution in [3.8, 4) is 5.75 Å². The largest absolute Gasteiger partial charge is 0.497 e. The molecule has 5 heteroatoms. The highest BCUT2D eigenvalue weighted by Gasteiger charge is 2.47. The first-order chi connectivity index (χ1) is 11.1. The van der Waals surface area contributed by atoms with Gasteiger partial charge in [-0.05, 0) is 49.3 Å². The van der Waals surface area contributed by atoms with Gasteiger partial charge in [-0.2, -0.15) is 0 Å². The van der Waals surface area contributed by atoms with E-state index in [2.05, 4.69) is 26.1 Å². The summed E-state index contributed by atoms with van der Waals surface area (Å²) >= 11 is 0. The van der Waals surface area contributed by atoms with Crippen molar-refractivity contribution in [2.45, 2.75) is 52.5 Å². The molecular weight excluding hydrogens is 304 g/mol. The lowest BCUT2D eigenvalue weighted by Crippen LogP contribution is -2.44. The van der Waals surface area contributed by atoms with E-state index in [0.717, 1.165) is 24.2 Å². The van der Waals surface area contributed by atoms with Crippen LogP contribution in [0.25, 0.3) is 0 Å². The summed E-state index contributed by atoms with van der Waals surface area (Å²) in [6.45, 7) is 8.59. The maximum atomic E-state index is 12.7. The zero-order chi connectivity index (χ0) is 18.0. The molecule has 0 aromatic heterocycles. The molecule has 24 heavy (non-hydrogen) atoms. The normalized spacial score (nSPS) is 21.1. The summed E-state index contributed by atoms with van der Waals surface area (Å²) in [5, 5.41) is 2.87. The molecule has 1 aliphatic rings. The molecule has 1 aromatic rings. The number of carbonyl (C=O) groups excluding carboxylic acids is 2. The Morgan fingerprint density at radius 2 is 1.79 bits per heavy atom. The number of nitrogens with zero attached hydrogens (tertiary/aromatic N) is 1. The summed E-state index contributed by atoms with van der Waals surface area (Å²) in [4.78, 5) is 26.2. The molecule has 5 nitrogen and oxygen atoms in total. The van der Waals surface area contributed by atoms with Gasteiger partial charge in [0.2, 0.25) is 0 Å². The molecule has 0 saturated carbocycles. The van der Waals surface area contributed by atoms with Gasteiger partial charge in [-0.3, -0.25) is 9.69 Å². The highest BCUT2D eigenvalue weighted by molar-refractivity contribution is 6.06. The van der Waals surface area contributed by atoms with Crippen LogP contribution in [-0.4, -0.2) is 36.0 Å². The van der Waals surface area contributed by atoms with Crippen molar-refractivity contribution in [1.29, 1.82) is 0 Å². The van der Waals surface area contributed by atoms with Crippen LogP contribution >= 0.6 is 0 Å². The van der Waals surface area contributed by atoms with E-state index in [1.54, 1.807) is 7.11 Å². The highest BCUT2D eigenvalue weighted by Crippen LogP contribution is 2.26. The summed E-state index contributed by atoms with van der Waals surface area (Å²) in [5.74, 6) is 0.689. The number of benzene rings is 1. The molecule has 0 bridgehead atoms. The minimum atomic E-state index is -0.825. The number of nitrogens with one attached hydrogen (secondary N) is 1. The molecule has 1 fully saturated rings. The summed E-state index contributed by atoms with van der Waals surface area (Å²) in [6, 6.07) is 7.51. The number of aryl methyl sites for hydroxylation is 1. The van der Waals surface area contributed by atoms with Crippen molar-refractivity contribution in [2.75, 3.05) is 13.7 Å². The molecule has 1 unspecified atom stereocenters. The third kappa shape index (κ3) is 4.28. The molecule has 3 amide bonds. The van der Waals surface area contributed by atoms with E-state index in [4.69, 9.17) is 4.74 Å². The van der Waals surface area contributed by atoms with Crippen LogP contribution in [0.3, 0.4) is 0 Å². The van der Waals surface area contributed by atoms with Crippen LogP contribution in [0.2, 0.25) is 0 Å². The number of imide groups is 1. The van der Waals surface area contributed by atoms with Crippen molar-refractivity contribution in [3.63, 3.8) is 0 Å². The maximum Gasteiger partial charge on any atom is 0.325 e. The van der Waals surface area contributed by atoms with E-state index in [9.17, 15) is 9.59 Å². The third-order valence-corrected chi connectivity index (χ3v) is 4.50. The average molecular weight is 332 g/mol. The van der Waals surface area contributed by atoms with Crippen LogP contribution in [0.1, 0.15) is 46.1 Å². The predicted octanol–water partition coefficient (Wildman–Crippen LogP) is 3.37. The summed E-state index contributed by atoms with van der Waals surface area (Å²) in [5.41, 5.74) is 0.379. The van der Waals surface area contributed by atoms with E-state index in [0.29, 0.717) is 13.0 Å². The quantitative estimate of drug-likeness (QED) is 0.813. The number of carbonyl (C=O) groups is 2. The Morgan fingerprint density at radius 3 is 2.33 bits per heavy atom. The van der Waals surface area contributed by atoms with E-state index < -0.39 is 5.54 Å². The number of urea groups is 1. The lowest BCUT2D eigenvalue weighted by molar-refractivity contribution is -0.131. The first-order valence-electron chi connectivity index (χ1n) is 8.42. The number of hydrogen-bond donors (Lipinski definition) is 1. The topological polar surface area (TPSA) is 58.6 Å². The number of hydrogen-bond acceptors (Lipinski definition) is 3. The standard InChI is InChI=1S/C19H28N2O3/c1-18(2,3)12-13-21-16(22)19(4,20-17(21)23)11-10-14-6-8-15(24-5)9-7-14/h6-9H,10-13H2,1-5H3,(H,20,23). The Morgan fingerprint density at radius 1 is 1.17 bits per heavy atom. The Bertz CT molecular complexity index is 604. The van der Waals surface area contributed by atoms with E-state index >= 15 is 0 Å². The van der Waals surface area contributed by atoms with Gasteiger partial charge in [0.1, 0.15) is 11.3 Å². The molecule has 1 heterocycles. The molecule has 0 aliphatic carbocycles. The Hall–Kier alpha value is -2.04. The minimum absolute atomic E-state index is 0.0860. The second kappa shape index (κ2) is 6.83. The van der Waals surface area contributed by atoms with E-state index in [-0.39, 0.29) is 17.4 Å². The van der Waals surface area contributed by atoms with Gasteiger partial charge in [0.15, 0.2) is 0 Å². The van der Waals surface area contributed by atoms with Crippen molar-refractivity contribution in [2.24, 2.45) is 5.41 Å². The average Bonchev–Trinajstić information content (AvgIpc) is 2.73. The Kier molecular flexibility index (Phi) is 5.21. The van der Waals surface area contributed by atoms with Gasteiger partial charge in [-0.1, -0.05) is 32.9 Å². The number of ether oxygens (including phenoxy) is 1. The van der Waals surface area contributed by atoms with Crippen molar-refractivity contribution >= 4 is 11.9 Å². The van der Waals surface area contributed by atoms with Crippen LogP contribution in [0.5, 0.6) is 5.75 Å². The van der Waals surface area contributed by atoms with E-state index in [1.807, 2.05) is 31.2 Å². The highest BCUT2D eigenvalue weighted by atomic mass is 16.5. The monoisotopic (exact) mass is 332 g/mol. The summed E-state index contributed by atoms with van der Waals surface area (Å²) in [6.07, 6.45) is 2.09. The molecule has 0 radical (unpaired) electrons. The molecule has 0 spiro atoms. The van der Waals surface area contributed by atoms with Crippen molar-refractivity contribution in [1.82, 2.24) is 10.2 Å². The fourth-order valence-electron chi connectivity index (χ4n) is 2.75. The van der Waals surface area contributed by atoms with Gasteiger partial charge in [0, 0.05) is 6.54 Å². The Labute approximate surface area is 144 Å². The second-order valence-electron chi connectivity index (χ2n) is 7.88. The molecule has 1 saturated heterocycles. The lowest BCUT2D eigenvalue weighted by Gasteiger charge is -2.24. The van der Waals surface area contributed by atoms with Crippen LogP contribution in [0.15, 0.2) is 24.3 Å². The van der Waals surface area contributed by atoms with E-state index in [1.165, 1.54) is 4.90 Å². The van der Waals surface area contributed by atoms with Crippen LogP contribution in [0.4, 0.5) is 4.79 Å². The molecule has 1 aromatic carbocycles. The van der Waals surface area contributed by atoms with Gasteiger partial charge < -0.3 is 10.1 Å². The molecule has 132 valence electrons. The van der Waals surface area contributed by atoms with Crippen molar-refractivity contribution < 1.29 is 14.3 Å². The maximum absolute atomic E-state index is 12.7. The molecule has 2 rings (SSSR count). The minimum Gasteiger partial charge on any atom is -0.497 e. The zero-order valence-corrected chi connectivity index (χ0v) is 15.3. The van der Waals surface area contributed by atoms with Gasteiger partial charge in [0.25, 0.3) is 5.91 Å². The predicted molar refractivity (Wildman–Crippen MR) is 94.0 cm³/mol. The SMILES string of the molecule is COc1ccc(CCC2(C)NC(=O)N(CCC(C)(C)C)C2=O)cc1. The van der Waals surface area contributed by atoms with Crippen LogP contribution in [0, 0.1) is 5.41 Å². The van der Waals surface area contributed by atoms with Crippen LogP contribution in [-0.2, 0) is 11.2 Å². The molecule has 1 aliphatic heterocycles. The number of methoxy groups -OCH3 is 1. The number of amides is 3. The molecule has 1 atom stereocenters. The van der Waals surface area contributed by atoms with Crippen LogP contribution < -0.4 is 10.1 Å².